The molecule has 0 spiro atoms. The first-order chi connectivity index (χ1) is 9.97. The van der Waals surface area contributed by atoms with E-state index < -0.39 is 16.8 Å². The number of ether oxygens (including phenoxy) is 1. The molecule has 0 unspecified atom stereocenters. The normalized spacial score (nSPS) is 15.8. The Bertz CT molecular complexity index is 545. The third-order valence-corrected chi connectivity index (χ3v) is 3.44. The van der Waals surface area contributed by atoms with Gasteiger partial charge in [0.15, 0.2) is 6.61 Å². The van der Waals surface area contributed by atoms with Gasteiger partial charge in [0.1, 0.15) is 4.92 Å². The number of esters is 1. The molecule has 1 aliphatic rings. The summed E-state index contributed by atoms with van der Waals surface area (Å²) in [5, 5.41) is 10.4. The van der Waals surface area contributed by atoms with Crippen molar-refractivity contribution in [3.8, 4) is 0 Å². The van der Waals surface area contributed by atoms with E-state index in [9.17, 15) is 19.7 Å². The molecule has 114 valence electrons. The highest BCUT2D eigenvalue weighted by atomic mass is 16.7. The summed E-state index contributed by atoms with van der Waals surface area (Å²) < 4.78 is 9.52. The summed E-state index contributed by atoms with van der Waals surface area (Å²) in [5.41, 5.74) is 0. The van der Waals surface area contributed by atoms with Crippen LogP contribution in [0.2, 0.25) is 0 Å². The van der Waals surface area contributed by atoms with Gasteiger partial charge in [-0.2, -0.15) is 0 Å². The van der Waals surface area contributed by atoms with Crippen LogP contribution in [-0.4, -0.2) is 41.4 Å². The molecule has 1 aromatic rings. The Kier molecular flexibility index (Phi) is 4.56. The number of carbonyl (C=O) groups excluding carboxylic acids is 2. The van der Waals surface area contributed by atoms with Gasteiger partial charge in [-0.1, -0.05) is 6.92 Å². The second kappa shape index (κ2) is 6.38. The maximum atomic E-state index is 11.9. The van der Waals surface area contributed by atoms with Crippen molar-refractivity contribution in [1.29, 1.82) is 0 Å². The van der Waals surface area contributed by atoms with Crippen molar-refractivity contribution in [2.45, 2.75) is 19.8 Å². The monoisotopic (exact) mass is 296 g/mol. The third kappa shape index (κ3) is 3.80. The average molecular weight is 296 g/mol. The highest BCUT2D eigenvalue weighted by Crippen LogP contribution is 2.17. The van der Waals surface area contributed by atoms with Crippen LogP contribution in [0, 0.1) is 16.0 Å². The fraction of sp³-hybridized carbons (Fsp3) is 0.538. The number of furan rings is 1. The molecule has 1 saturated heterocycles. The van der Waals surface area contributed by atoms with Crippen LogP contribution >= 0.6 is 0 Å². The predicted molar refractivity (Wildman–Crippen MR) is 70.6 cm³/mol. The van der Waals surface area contributed by atoms with Gasteiger partial charge in [0, 0.05) is 13.1 Å². The highest BCUT2D eigenvalue weighted by molar-refractivity contribution is 5.89. The summed E-state index contributed by atoms with van der Waals surface area (Å²) in [5.74, 6) is -1.39. The van der Waals surface area contributed by atoms with Crippen LogP contribution < -0.4 is 0 Å². The Hall–Kier alpha value is -2.38. The first kappa shape index (κ1) is 15.0. The van der Waals surface area contributed by atoms with Crippen molar-refractivity contribution in [3.63, 3.8) is 0 Å². The molecule has 1 amide bonds. The summed E-state index contributed by atoms with van der Waals surface area (Å²) in [6, 6.07) is 2.21. The van der Waals surface area contributed by atoms with Crippen LogP contribution in [0.25, 0.3) is 0 Å². The second-order valence-electron chi connectivity index (χ2n) is 5.03. The largest absolute Gasteiger partial charge is 0.450 e. The van der Waals surface area contributed by atoms with Crippen molar-refractivity contribution < 1.29 is 23.7 Å². The molecule has 2 rings (SSSR count). The number of rotatable bonds is 4. The summed E-state index contributed by atoms with van der Waals surface area (Å²) in [4.78, 5) is 34.8. The molecule has 2 heterocycles. The van der Waals surface area contributed by atoms with Crippen LogP contribution in [0.5, 0.6) is 0 Å². The van der Waals surface area contributed by atoms with Crippen molar-refractivity contribution in [1.82, 2.24) is 4.90 Å². The molecule has 1 aliphatic heterocycles. The van der Waals surface area contributed by atoms with E-state index in [2.05, 4.69) is 6.92 Å². The SMILES string of the molecule is CC1CCN(C(=O)COC(=O)c2ccc([N+](=O)[O-])o2)CC1. The number of nitro groups is 1. The molecular formula is C13H16N2O6. The summed E-state index contributed by atoms with van der Waals surface area (Å²) >= 11 is 0. The zero-order valence-electron chi connectivity index (χ0n) is 11.6. The Morgan fingerprint density at radius 2 is 2.10 bits per heavy atom. The number of carbonyl (C=O) groups is 2. The lowest BCUT2D eigenvalue weighted by Crippen LogP contribution is -2.40. The predicted octanol–water partition coefficient (Wildman–Crippen LogP) is 1.60. The highest BCUT2D eigenvalue weighted by Gasteiger charge is 2.23. The molecule has 1 fully saturated rings. The molecule has 1 aromatic heterocycles. The Morgan fingerprint density at radius 3 is 2.67 bits per heavy atom. The van der Waals surface area contributed by atoms with Crippen LogP contribution in [0.4, 0.5) is 5.88 Å². The van der Waals surface area contributed by atoms with E-state index in [0.29, 0.717) is 19.0 Å². The van der Waals surface area contributed by atoms with Gasteiger partial charge in [0.05, 0.1) is 6.07 Å². The number of likely N-dealkylation sites (tertiary alicyclic amines) is 1. The standard InChI is InChI=1S/C13H16N2O6/c1-9-4-6-14(7-5-9)11(16)8-20-13(17)10-2-3-12(21-10)15(18)19/h2-3,9H,4-8H2,1H3. The summed E-state index contributed by atoms with van der Waals surface area (Å²) in [6.45, 7) is 3.06. The number of hydrogen-bond donors (Lipinski definition) is 0. The number of amides is 1. The van der Waals surface area contributed by atoms with Gasteiger partial charge in [-0.05, 0) is 24.8 Å². The first-order valence-electron chi connectivity index (χ1n) is 6.66. The second-order valence-corrected chi connectivity index (χ2v) is 5.03. The Balaban J connectivity index is 1.83. The zero-order chi connectivity index (χ0) is 15.4. The van der Waals surface area contributed by atoms with Crippen LogP contribution in [0.3, 0.4) is 0 Å². The molecule has 0 aromatic carbocycles. The van der Waals surface area contributed by atoms with Crippen LogP contribution in [0.15, 0.2) is 16.5 Å². The maximum absolute atomic E-state index is 11.9. The summed E-state index contributed by atoms with van der Waals surface area (Å²) in [6.07, 6.45) is 1.87. The van der Waals surface area contributed by atoms with Crippen molar-refractivity contribution >= 4 is 17.8 Å². The zero-order valence-corrected chi connectivity index (χ0v) is 11.6. The van der Waals surface area contributed by atoms with E-state index in [1.165, 1.54) is 0 Å². The van der Waals surface area contributed by atoms with E-state index in [-0.39, 0.29) is 18.3 Å². The lowest BCUT2D eigenvalue weighted by Gasteiger charge is -2.30. The van der Waals surface area contributed by atoms with Gasteiger partial charge in [-0.25, -0.2) is 4.79 Å². The lowest BCUT2D eigenvalue weighted by molar-refractivity contribution is -0.402. The van der Waals surface area contributed by atoms with E-state index in [0.717, 1.165) is 25.0 Å². The Morgan fingerprint density at radius 1 is 1.43 bits per heavy atom. The van der Waals surface area contributed by atoms with Crippen LogP contribution in [-0.2, 0) is 9.53 Å². The van der Waals surface area contributed by atoms with E-state index in [1.807, 2.05) is 0 Å². The minimum Gasteiger partial charge on any atom is -0.450 e. The molecule has 0 radical (unpaired) electrons. The fourth-order valence-corrected chi connectivity index (χ4v) is 2.08. The van der Waals surface area contributed by atoms with E-state index in [4.69, 9.17) is 9.15 Å². The van der Waals surface area contributed by atoms with Gasteiger partial charge in [0.25, 0.3) is 5.91 Å². The van der Waals surface area contributed by atoms with Crippen molar-refractivity contribution in [3.05, 3.63) is 28.0 Å². The van der Waals surface area contributed by atoms with Gasteiger partial charge in [-0.3, -0.25) is 14.9 Å². The van der Waals surface area contributed by atoms with E-state index >= 15 is 0 Å². The number of piperidine rings is 1. The molecule has 0 saturated carbocycles. The minimum atomic E-state index is -0.887. The molecule has 0 aliphatic carbocycles. The number of hydrogen-bond acceptors (Lipinski definition) is 6. The van der Waals surface area contributed by atoms with E-state index in [1.54, 1.807) is 4.90 Å². The van der Waals surface area contributed by atoms with Gasteiger partial charge in [-0.15, -0.1) is 0 Å². The van der Waals surface area contributed by atoms with Crippen molar-refractivity contribution in [2.75, 3.05) is 19.7 Å². The van der Waals surface area contributed by atoms with Crippen LogP contribution in [0.1, 0.15) is 30.3 Å². The van der Waals surface area contributed by atoms with Gasteiger partial charge in [0.2, 0.25) is 5.76 Å². The van der Waals surface area contributed by atoms with Gasteiger partial charge >= 0.3 is 11.9 Å². The molecule has 0 N–H and O–H groups in total. The average Bonchev–Trinajstić information content (AvgIpc) is 2.95. The lowest BCUT2D eigenvalue weighted by atomic mass is 9.99. The molecule has 8 nitrogen and oxygen atoms in total. The molecule has 0 bridgehead atoms. The Labute approximate surface area is 120 Å². The minimum absolute atomic E-state index is 0.267. The summed E-state index contributed by atoms with van der Waals surface area (Å²) in [7, 11) is 0. The molecule has 8 heteroatoms. The molecular weight excluding hydrogens is 280 g/mol. The molecule has 21 heavy (non-hydrogen) atoms. The smallest absolute Gasteiger partial charge is 0.433 e. The fourth-order valence-electron chi connectivity index (χ4n) is 2.08. The quantitative estimate of drug-likeness (QED) is 0.475. The third-order valence-electron chi connectivity index (χ3n) is 3.44. The first-order valence-corrected chi connectivity index (χ1v) is 6.66. The maximum Gasteiger partial charge on any atom is 0.433 e. The van der Waals surface area contributed by atoms with Gasteiger partial charge < -0.3 is 14.1 Å². The topological polar surface area (TPSA) is 103 Å². The number of nitrogens with zero attached hydrogens (tertiary/aromatic N) is 2. The molecule has 0 atom stereocenters. The van der Waals surface area contributed by atoms with Crippen molar-refractivity contribution in [2.24, 2.45) is 5.92 Å².